The Morgan fingerprint density at radius 1 is 1.35 bits per heavy atom. The molecule has 0 aliphatic carbocycles. The van der Waals surface area contributed by atoms with Crippen LogP contribution in [0.25, 0.3) is 0 Å². The molecule has 0 saturated heterocycles. The maximum Gasteiger partial charge on any atom is 0.125 e. The second-order valence-electron chi connectivity index (χ2n) is 5.54. The zero-order chi connectivity index (χ0) is 13.1. The highest BCUT2D eigenvalue weighted by molar-refractivity contribution is 7.09. The summed E-state index contributed by atoms with van der Waals surface area (Å²) in [6.45, 7) is 11.5. The third-order valence-electron chi connectivity index (χ3n) is 2.93. The molecule has 1 atom stereocenters. The first-order valence-electron chi connectivity index (χ1n) is 6.06. The summed E-state index contributed by atoms with van der Waals surface area (Å²) < 4.78 is 5.56. The van der Waals surface area contributed by atoms with Gasteiger partial charge in [-0.15, -0.1) is 11.3 Å². The molecule has 0 saturated carbocycles. The highest BCUT2D eigenvalue weighted by Gasteiger charge is 2.27. The van der Waals surface area contributed by atoms with Crippen molar-refractivity contribution >= 4 is 11.3 Å². The molecule has 0 amide bonds. The Labute approximate surface area is 109 Å². The van der Waals surface area contributed by atoms with Crippen molar-refractivity contribution in [3.8, 4) is 0 Å². The SMILES string of the molecule is CCC(C)(OC)c1nc(CNC(C)(C)C)cs1. The number of thiazole rings is 1. The first kappa shape index (κ1) is 14.6. The molecule has 1 rings (SSSR count). The van der Waals surface area contributed by atoms with Crippen molar-refractivity contribution in [2.24, 2.45) is 0 Å². The van der Waals surface area contributed by atoms with Crippen molar-refractivity contribution in [2.75, 3.05) is 7.11 Å². The molecule has 0 radical (unpaired) electrons. The number of hydrogen-bond acceptors (Lipinski definition) is 4. The van der Waals surface area contributed by atoms with E-state index in [9.17, 15) is 0 Å². The topological polar surface area (TPSA) is 34.1 Å². The number of aromatic nitrogens is 1. The second kappa shape index (κ2) is 5.46. The Morgan fingerprint density at radius 3 is 2.47 bits per heavy atom. The molecule has 0 aromatic carbocycles. The molecule has 0 spiro atoms. The van der Waals surface area contributed by atoms with Gasteiger partial charge in [-0.2, -0.15) is 0 Å². The van der Waals surface area contributed by atoms with E-state index >= 15 is 0 Å². The van der Waals surface area contributed by atoms with E-state index in [1.165, 1.54) is 0 Å². The lowest BCUT2D eigenvalue weighted by atomic mass is 10.1. The van der Waals surface area contributed by atoms with Gasteiger partial charge < -0.3 is 10.1 Å². The average molecular weight is 256 g/mol. The van der Waals surface area contributed by atoms with E-state index in [1.807, 2.05) is 0 Å². The molecular formula is C13H24N2OS. The number of nitrogens with zero attached hydrogens (tertiary/aromatic N) is 1. The van der Waals surface area contributed by atoms with E-state index in [1.54, 1.807) is 18.4 Å². The molecule has 17 heavy (non-hydrogen) atoms. The second-order valence-corrected chi connectivity index (χ2v) is 6.39. The number of rotatable bonds is 5. The van der Waals surface area contributed by atoms with Crippen molar-refractivity contribution in [1.29, 1.82) is 0 Å². The quantitative estimate of drug-likeness (QED) is 0.877. The van der Waals surface area contributed by atoms with Crippen LogP contribution in [0.4, 0.5) is 0 Å². The molecule has 3 nitrogen and oxygen atoms in total. The third kappa shape index (κ3) is 4.05. The van der Waals surface area contributed by atoms with Crippen LogP contribution in [0.2, 0.25) is 0 Å². The first-order valence-corrected chi connectivity index (χ1v) is 6.94. The van der Waals surface area contributed by atoms with Crippen LogP contribution in [0.3, 0.4) is 0 Å². The zero-order valence-corrected chi connectivity index (χ0v) is 12.6. The van der Waals surface area contributed by atoms with Gasteiger partial charge in [0.1, 0.15) is 10.6 Å². The summed E-state index contributed by atoms with van der Waals surface area (Å²) in [7, 11) is 1.75. The first-order chi connectivity index (χ1) is 7.80. The van der Waals surface area contributed by atoms with Crippen molar-refractivity contribution in [3.63, 3.8) is 0 Å². The summed E-state index contributed by atoms with van der Waals surface area (Å²) >= 11 is 1.68. The van der Waals surface area contributed by atoms with Crippen molar-refractivity contribution in [2.45, 2.75) is 58.7 Å². The smallest absolute Gasteiger partial charge is 0.125 e. The fourth-order valence-electron chi connectivity index (χ4n) is 1.37. The van der Waals surface area contributed by atoms with Crippen LogP contribution >= 0.6 is 11.3 Å². The van der Waals surface area contributed by atoms with E-state index < -0.39 is 0 Å². The van der Waals surface area contributed by atoms with Gasteiger partial charge in [-0.3, -0.25) is 0 Å². The fraction of sp³-hybridized carbons (Fsp3) is 0.769. The summed E-state index contributed by atoms with van der Waals surface area (Å²) in [5.74, 6) is 0. The molecule has 1 aromatic rings. The van der Waals surface area contributed by atoms with Gasteiger partial charge in [-0.1, -0.05) is 6.92 Å². The Bertz CT molecular complexity index is 351. The highest BCUT2D eigenvalue weighted by atomic mass is 32.1. The van der Waals surface area contributed by atoms with Crippen LogP contribution < -0.4 is 5.32 Å². The zero-order valence-electron chi connectivity index (χ0n) is 11.8. The van der Waals surface area contributed by atoms with Gasteiger partial charge in [0.2, 0.25) is 0 Å². The van der Waals surface area contributed by atoms with E-state index in [-0.39, 0.29) is 11.1 Å². The lowest BCUT2D eigenvalue weighted by Crippen LogP contribution is -2.35. The van der Waals surface area contributed by atoms with E-state index in [0.717, 1.165) is 23.7 Å². The minimum absolute atomic E-state index is 0.124. The molecule has 4 heteroatoms. The average Bonchev–Trinajstić information content (AvgIpc) is 2.73. The Morgan fingerprint density at radius 2 is 2.00 bits per heavy atom. The van der Waals surface area contributed by atoms with E-state index in [4.69, 9.17) is 4.74 Å². The lowest BCUT2D eigenvalue weighted by molar-refractivity contribution is -0.00168. The Hall–Kier alpha value is -0.450. The molecule has 98 valence electrons. The maximum absolute atomic E-state index is 5.56. The molecule has 1 unspecified atom stereocenters. The molecule has 1 N–H and O–H groups in total. The van der Waals surface area contributed by atoms with Crippen LogP contribution in [0, 0.1) is 0 Å². The summed E-state index contributed by atoms with van der Waals surface area (Å²) in [5, 5.41) is 6.62. The van der Waals surface area contributed by atoms with Gasteiger partial charge in [0.15, 0.2) is 0 Å². The summed E-state index contributed by atoms with van der Waals surface area (Å²) in [5.41, 5.74) is 0.973. The van der Waals surface area contributed by atoms with Crippen molar-refractivity contribution in [3.05, 3.63) is 16.1 Å². The van der Waals surface area contributed by atoms with Crippen LogP contribution in [0.15, 0.2) is 5.38 Å². The molecular weight excluding hydrogens is 232 g/mol. The summed E-state index contributed by atoms with van der Waals surface area (Å²) in [6.07, 6.45) is 0.934. The van der Waals surface area contributed by atoms with Crippen LogP contribution in [-0.4, -0.2) is 17.6 Å². The summed E-state index contributed by atoms with van der Waals surface area (Å²) in [6, 6.07) is 0. The molecule has 1 aromatic heterocycles. The van der Waals surface area contributed by atoms with E-state index in [0.29, 0.717) is 0 Å². The maximum atomic E-state index is 5.56. The predicted octanol–water partition coefficient (Wildman–Crippen LogP) is 3.30. The minimum atomic E-state index is -0.245. The Kier molecular flexibility index (Phi) is 4.69. The number of nitrogens with one attached hydrogen (secondary N) is 1. The van der Waals surface area contributed by atoms with Crippen LogP contribution in [0.1, 0.15) is 51.7 Å². The minimum Gasteiger partial charge on any atom is -0.371 e. The monoisotopic (exact) mass is 256 g/mol. The number of hydrogen-bond donors (Lipinski definition) is 1. The van der Waals surface area contributed by atoms with Crippen LogP contribution in [0.5, 0.6) is 0 Å². The fourth-order valence-corrected chi connectivity index (χ4v) is 2.40. The third-order valence-corrected chi connectivity index (χ3v) is 4.07. The molecule has 0 aliphatic heterocycles. The van der Waals surface area contributed by atoms with Gasteiger partial charge in [0, 0.05) is 24.6 Å². The van der Waals surface area contributed by atoms with E-state index in [2.05, 4.69) is 50.3 Å². The molecule has 0 fully saturated rings. The van der Waals surface area contributed by atoms with Gasteiger partial charge in [-0.25, -0.2) is 4.98 Å². The predicted molar refractivity (Wildman–Crippen MR) is 73.4 cm³/mol. The standard InChI is InChI=1S/C13H24N2OS/c1-7-13(5,16-6)11-15-10(9-17-11)8-14-12(2,3)4/h9,14H,7-8H2,1-6H3. The number of ether oxygens (including phenoxy) is 1. The van der Waals surface area contributed by atoms with Gasteiger partial charge in [-0.05, 0) is 34.1 Å². The molecule has 0 bridgehead atoms. The molecule has 1 heterocycles. The normalized spacial score (nSPS) is 15.9. The summed E-state index contributed by atoms with van der Waals surface area (Å²) in [4.78, 5) is 4.66. The highest BCUT2D eigenvalue weighted by Crippen LogP contribution is 2.30. The van der Waals surface area contributed by atoms with Crippen molar-refractivity contribution in [1.82, 2.24) is 10.3 Å². The largest absolute Gasteiger partial charge is 0.371 e. The lowest BCUT2D eigenvalue weighted by Gasteiger charge is -2.23. The van der Waals surface area contributed by atoms with Crippen molar-refractivity contribution < 1.29 is 4.74 Å². The van der Waals surface area contributed by atoms with Gasteiger partial charge in [0.05, 0.1) is 5.69 Å². The van der Waals surface area contributed by atoms with Crippen LogP contribution in [-0.2, 0) is 16.9 Å². The Balaban J connectivity index is 2.71. The molecule has 0 aliphatic rings. The van der Waals surface area contributed by atoms with Gasteiger partial charge >= 0.3 is 0 Å². The number of methoxy groups -OCH3 is 1. The van der Waals surface area contributed by atoms with Gasteiger partial charge in [0.25, 0.3) is 0 Å².